The molecule has 0 saturated heterocycles. The molecule has 152 valence electrons. The van der Waals surface area contributed by atoms with E-state index >= 15 is 0 Å². The Bertz CT molecular complexity index is 1150. The number of halogens is 1. The standard InChI is InChI=1S/C24H20BrNO4/c1-4-11-30-18-10-9-14(12-17(18)25)20-19(24(28)29-3)13(2)26-22-15-7-5-6-8-16(15)23(27)21(20)22/h4-10,12,20,26H,1,11H2,2-3H3/t20-/m1/s1. The first-order valence-electron chi connectivity index (χ1n) is 9.45. The Hall–Kier alpha value is -3.12. The maximum Gasteiger partial charge on any atom is 0.336 e. The van der Waals surface area contributed by atoms with E-state index in [2.05, 4.69) is 27.8 Å². The summed E-state index contributed by atoms with van der Waals surface area (Å²) in [5.74, 6) is -0.458. The molecule has 0 aromatic heterocycles. The van der Waals surface area contributed by atoms with Gasteiger partial charge in [-0.05, 0) is 40.5 Å². The first-order valence-corrected chi connectivity index (χ1v) is 10.2. The van der Waals surface area contributed by atoms with Gasteiger partial charge in [0, 0.05) is 28.3 Å². The van der Waals surface area contributed by atoms with Gasteiger partial charge in [0.2, 0.25) is 0 Å². The second kappa shape index (κ2) is 7.95. The molecule has 0 fully saturated rings. The third-order valence-electron chi connectivity index (χ3n) is 5.30. The molecule has 0 amide bonds. The molecular formula is C24H20BrNO4. The van der Waals surface area contributed by atoms with Crippen LogP contribution < -0.4 is 10.1 Å². The van der Waals surface area contributed by atoms with E-state index < -0.39 is 11.9 Å². The highest BCUT2D eigenvalue weighted by Crippen LogP contribution is 2.47. The average Bonchev–Trinajstić information content (AvgIpc) is 3.03. The van der Waals surface area contributed by atoms with Crippen LogP contribution >= 0.6 is 15.9 Å². The van der Waals surface area contributed by atoms with Crippen LogP contribution in [-0.2, 0) is 9.53 Å². The Morgan fingerprint density at radius 2 is 1.97 bits per heavy atom. The zero-order valence-electron chi connectivity index (χ0n) is 16.6. The number of hydrogen-bond acceptors (Lipinski definition) is 5. The minimum absolute atomic E-state index is 0.0879. The van der Waals surface area contributed by atoms with Gasteiger partial charge in [0.05, 0.1) is 22.9 Å². The second-order valence-corrected chi connectivity index (χ2v) is 7.90. The van der Waals surface area contributed by atoms with Crippen LogP contribution in [0.1, 0.15) is 34.3 Å². The van der Waals surface area contributed by atoms with Crippen LogP contribution in [-0.4, -0.2) is 25.5 Å². The number of esters is 1. The van der Waals surface area contributed by atoms with Gasteiger partial charge in [-0.1, -0.05) is 43.0 Å². The molecule has 0 spiro atoms. The van der Waals surface area contributed by atoms with E-state index in [1.165, 1.54) is 7.11 Å². The summed E-state index contributed by atoms with van der Waals surface area (Å²) in [6.07, 6.45) is 1.67. The Morgan fingerprint density at radius 1 is 1.23 bits per heavy atom. The Balaban J connectivity index is 1.88. The molecule has 6 heteroatoms. The summed E-state index contributed by atoms with van der Waals surface area (Å²) in [5, 5.41) is 3.27. The minimum Gasteiger partial charge on any atom is -0.488 e. The number of Topliss-reactive ketones (excluding diaryl/α,β-unsaturated/α-hetero) is 1. The molecule has 5 nitrogen and oxygen atoms in total. The molecule has 1 N–H and O–H groups in total. The lowest BCUT2D eigenvalue weighted by Gasteiger charge is -2.29. The molecule has 2 aliphatic rings. The average molecular weight is 466 g/mol. The molecule has 30 heavy (non-hydrogen) atoms. The molecule has 2 aromatic carbocycles. The van der Waals surface area contributed by atoms with Crippen molar-refractivity contribution < 1.29 is 19.1 Å². The molecule has 0 radical (unpaired) electrons. The van der Waals surface area contributed by atoms with E-state index in [-0.39, 0.29) is 5.78 Å². The van der Waals surface area contributed by atoms with E-state index in [1.54, 1.807) is 6.08 Å². The number of ketones is 1. The van der Waals surface area contributed by atoms with Crippen molar-refractivity contribution in [2.75, 3.05) is 13.7 Å². The summed E-state index contributed by atoms with van der Waals surface area (Å²) in [6, 6.07) is 13.0. The van der Waals surface area contributed by atoms with E-state index in [9.17, 15) is 9.59 Å². The normalized spacial score (nSPS) is 17.3. The number of allylic oxidation sites excluding steroid dienone is 2. The Morgan fingerprint density at radius 3 is 2.63 bits per heavy atom. The third-order valence-corrected chi connectivity index (χ3v) is 5.92. The lowest BCUT2D eigenvalue weighted by atomic mass is 9.80. The fourth-order valence-corrected chi connectivity index (χ4v) is 4.52. The first kappa shape index (κ1) is 20.2. The highest BCUT2D eigenvalue weighted by molar-refractivity contribution is 9.10. The Labute approximate surface area is 183 Å². The van der Waals surface area contributed by atoms with Crippen molar-refractivity contribution in [3.63, 3.8) is 0 Å². The largest absolute Gasteiger partial charge is 0.488 e. The number of ether oxygens (including phenoxy) is 2. The molecule has 2 aromatic rings. The number of carbonyl (C=O) groups is 2. The van der Waals surface area contributed by atoms with Crippen LogP contribution in [0.25, 0.3) is 5.70 Å². The van der Waals surface area contributed by atoms with Gasteiger partial charge >= 0.3 is 5.97 Å². The van der Waals surface area contributed by atoms with Crippen molar-refractivity contribution in [1.29, 1.82) is 0 Å². The summed E-state index contributed by atoms with van der Waals surface area (Å²) in [7, 11) is 1.34. The number of fused-ring (bicyclic) bond motifs is 2. The van der Waals surface area contributed by atoms with E-state index in [4.69, 9.17) is 9.47 Å². The summed E-state index contributed by atoms with van der Waals surface area (Å²) in [6.45, 7) is 5.86. The van der Waals surface area contributed by atoms with Gasteiger partial charge in [-0.2, -0.15) is 0 Å². The van der Waals surface area contributed by atoms with Crippen LogP contribution in [0.5, 0.6) is 5.75 Å². The molecule has 1 heterocycles. The molecule has 0 unspecified atom stereocenters. The Kier molecular flexibility index (Phi) is 5.35. The molecule has 1 aliphatic heterocycles. The number of dihydropyridines is 1. The highest BCUT2D eigenvalue weighted by atomic mass is 79.9. The number of benzene rings is 2. The van der Waals surface area contributed by atoms with Crippen molar-refractivity contribution in [1.82, 2.24) is 5.32 Å². The van der Waals surface area contributed by atoms with Crippen molar-refractivity contribution in [2.45, 2.75) is 12.8 Å². The van der Waals surface area contributed by atoms with Gasteiger partial charge < -0.3 is 14.8 Å². The third kappa shape index (κ3) is 3.17. The highest BCUT2D eigenvalue weighted by Gasteiger charge is 2.42. The molecular weight excluding hydrogens is 446 g/mol. The molecule has 0 saturated carbocycles. The van der Waals surface area contributed by atoms with Crippen LogP contribution in [0, 0.1) is 0 Å². The van der Waals surface area contributed by atoms with Crippen molar-refractivity contribution in [2.24, 2.45) is 0 Å². The van der Waals surface area contributed by atoms with E-state index in [0.29, 0.717) is 34.8 Å². The SMILES string of the molecule is C=CCOc1ccc([C@@H]2C(C(=O)OC)=C(C)NC3=C2C(=O)c2ccccc23)cc1Br. The lowest BCUT2D eigenvalue weighted by Crippen LogP contribution is -2.29. The molecule has 0 bridgehead atoms. The van der Waals surface area contributed by atoms with Crippen LogP contribution in [0.3, 0.4) is 0 Å². The van der Waals surface area contributed by atoms with Gasteiger partial charge in [-0.15, -0.1) is 0 Å². The molecule has 1 aliphatic carbocycles. The maximum absolute atomic E-state index is 13.4. The zero-order chi connectivity index (χ0) is 21.4. The maximum atomic E-state index is 13.4. The first-order chi connectivity index (χ1) is 14.5. The smallest absolute Gasteiger partial charge is 0.336 e. The topological polar surface area (TPSA) is 64.6 Å². The zero-order valence-corrected chi connectivity index (χ0v) is 18.2. The summed E-state index contributed by atoms with van der Waals surface area (Å²) in [4.78, 5) is 26.1. The van der Waals surface area contributed by atoms with Gasteiger partial charge in [0.15, 0.2) is 5.78 Å². The summed E-state index contributed by atoms with van der Waals surface area (Å²) < 4.78 is 11.4. The van der Waals surface area contributed by atoms with Gasteiger partial charge in [-0.25, -0.2) is 4.79 Å². The van der Waals surface area contributed by atoms with E-state index in [1.807, 2.05) is 49.4 Å². The predicted molar refractivity (Wildman–Crippen MR) is 118 cm³/mol. The lowest BCUT2D eigenvalue weighted by molar-refractivity contribution is -0.136. The van der Waals surface area contributed by atoms with Gasteiger partial charge in [0.25, 0.3) is 0 Å². The second-order valence-electron chi connectivity index (χ2n) is 7.04. The van der Waals surface area contributed by atoms with Crippen molar-refractivity contribution >= 4 is 33.4 Å². The molecule has 1 atom stereocenters. The molecule has 4 rings (SSSR count). The quantitative estimate of drug-likeness (QED) is 0.509. The van der Waals surface area contributed by atoms with Crippen molar-refractivity contribution in [3.8, 4) is 5.75 Å². The number of hydrogen-bond donors (Lipinski definition) is 1. The fourth-order valence-electron chi connectivity index (χ4n) is 4.01. The van der Waals surface area contributed by atoms with Gasteiger partial charge in [-0.3, -0.25) is 4.79 Å². The van der Waals surface area contributed by atoms with Crippen LogP contribution in [0.2, 0.25) is 0 Å². The van der Waals surface area contributed by atoms with Crippen LogP contribution in [0.15, 0.2) is 76.4 Å². The number of methoxy groups -OCH3 is 1. The monoisotopic (exact) mass is 465 g/mol. The number of rotatable bonds is 5. The van der Waals surface area contributed by atoms with Crippen LogP contribution in [0.4, 0.5) is 0 Å². The summed E-state index contributed by atoms with van der Waals surface area (Å²) >= 11 is 3.54. The van der Waals surface area contributed by atoms with Crippen molar-refractivity contribution in [3.05, 3.63) is 93.1 Å². The predicted octanol–water partition coefficient (Wildman–Crippen LogP) is 4.76. The number of nitrogens with one attached hydrogen (secondary N) is 1. The van der Waals surface area contributed by atoms with Gasteiger partial charge in [0.1, 0.15) is 12.4 Å². The number of carbonyl (C=O) groups excluding carboxylic acids is 2. The van der Waals surface area contributed by atoms with E-state index in [0.717, 1.165) is 21.3 Å². The fraction of sp³-hybridized carbons (Fsp3) is 0.167. The minimum atomic E-state index is -0.557. The summed E-state index contributed by atoms with van der Waals surface area (Å²) in [5.41, 5.74) is 4.65.